The molecule has 0 atom stereocenters. The molecule has 172 valence electrons. The molecular weight excluding hydrogens is 446 g/mol. The van der Waals surface area contributed by atoms with Gasteiger partial charge in [-0.3, -0.25) is 14.8 Å². The van der Waals surface area contributed by atoms with Gasteiger partial charge in [0.2, 0.25) is 0 Å². The third kappa shape index (κ3) is 4.63. The van der Waals surface area contributed by atoms with E-state index in [0.717, 1.165) is 46.0 Å². The topological polar surface area (TPSA) is 70.6 Å². The van der Waals surface area contributed by atoms with E-state index in [9.17, 15) is 4.79 Å². The van der Waals surface area contributed by atoms with Crippen molar-refractivity contribution in [1.82, 2.24) is 14.9 Å². The molecule has 8 heteroatoms. The fourth-order valence-electron chi connectivity index (χ4n) is 4.07. The molecule has 7 nitrogen and oxygen atoms in total. The van der Waals surface area contributed by atoms with Gasteiger partial charge in [0.1, 0.15) is 5.75 Å². The minimum absolute atomic E-state index is 0.0512. The van der Waals surface area contributed by atoms with Crippen LogP contribution in [0.1, 0.15) is 10.4 Å². The molecule has 0 bridgehead atoms. The molecule has 1 fully saturated rings. The highest BCUT2D eigenvalue weighted by Crippen LogP contribution is 2.29. The number of nitrogens with one attached hydrogen (secondary N) is 1. The van der Waals surface area contributed by atoms with Gasteiger partial charge in [0.05, 0.1) is 29.4 Å². The van der Waals surface area contributed by atoms with Gasteiger partial charge in [0.25, 0.3) is 5.91 Å². The van der Waals surface area contributed by atoms with Crippen LogP contribution >= 0.6 is 11.9 Å². The first kappa shape index (κ1) is 22.0. The van der Waals surface area contributed by atoms with Crippen molar-refractivity contribution in [3.05, 3.63) is 84.8 Å². The average Bonchev–Trinajstić information content (AvgIpc) is 2.92. The highest BCUT2D eigenvalue weighted by Gasteiger charge is 2.24. The molecule has 0 radical (unpaired) electrons. The van der Waals surface area contributed by atoms with Crippen LogP contribution in [0.15, 0.2) is 84.1 Å². The van der Waals surface area contributed by atoms with Crippen molar-refractivity contribution in [2.24, 2.45) is 0 Å². The molecule has 2 aromatic carbocycles. The van der Waals surface area contributed by atoms with Crippen LogP contribution in [-0.4, -0.2) is 54.1 Å². The number of hydrogen-bond donors (Lipinski definition) is 1. The number of rotatable bonds is 6. The van der Waals surface area contributed by atoms with Crippen molar-refractivity contribution in [2.45, 2.75) is 4.90 Å². The van der Waals surface area contributed by atoms with E-state index in [1.54, 1.807) is 19.5 Å². The van der Waals surface area contributed by atoms with E-state index < -0.39 is 0 Å². The summed E-state index contributed by atoms with van der Waals surface area (Å²) in [7, 11) is 1.66. The smallest absolute Gasteiger partial charge is 0.253 e. The van der Waals surface area contributed by atoms with Gasteiger partial charge in [-0.05, 0) is 48.3 Å². The Balaban J connectivity index is 1.19. The van der Waals surface area contributed by atoms with Crippen molar-refractivity contribution >= 4 is 40.1 Å². The highest BCUT2D eigenvalue weighted by molar-refractivity contribution is 8.00. The molecule has 1 aliphatic heterocycles. The van der Waals surface area contributed by atoms with Crippen LogP contribution in [0.5, 0.6) is 5.75 Å². The van der Waals surface area contributed by atoms with Crippen LogP contribution in [0.2, 0.25) is 0 Å². The summed E-state index contributed by atoms with van der Waals surface area (Å²) in [5, 5.41) is 1.11. The Bertz CT molecular complexity index is 1280. The van der Waals surface area contributed by atoms with Crippen LogP contribution in [0.4, 0.5) is 11.4 Å². The summed E-state index contributed by atoms with van der Waals surface area (Å²) in [6.07, 6.45) is 5.34. The molecule has 34 heavy (non-hydrogen) atoms. The highest BCUT2D eigenvalue weighted by atomic mass is 32.2. The molecule has 3 heterocycles. The van der Waals surface area contributed by atoms with Gasteiger partial charge in [-0.15, -0.1) is 0 Å². The zero-order valence-corrected chi connectivity index (χ0v) is 19.7. The van der Waals surface area contributed by atoms with Gasteiger partial charge in [-0.1, -0.05) is 18.2 Å². The number of hydrogen-bond acceptors (Lipinski definition) is 7. The van der Waals surface area contributed by atoms with E-state index in [-0.39, 0.29) is 5.91 Å². The average molecular weight is 472 g/mol. The number of nitrogens with zero attached hydrogens (tertiary/aromatic N) is 4. The quantitative estimate of drug-likeness (QED) is 0.408. The monoisotopic (exact) mass is 471 g/mol. The van der Waals surface area contributed by atoms with Gasteiger partial charge in [0, 0.05) is 61.3 Å². The Morgan fingerprint density at radius 1 is 0.971 bits per heavy atom. The first-order valence-electron chi connectivity index (χ1n) is 11.1. The number of amides is 1. The predicted molar refractivity (Wildman–Crippen MR) is 137 cm³/mol. The molecule has 2 aromatic heterocycles. The minimum Gasteiger partial charge on any atom is -0.494 e. The number of para-hydroxylation sites is 1. The maximum atomic E-state index is 13.0. The molecule has 1 saturated heterocycles. The zero-order chi connectivity index (χ0) is 23.3. The molecule has 0 aliphatic carbocycles. The van der Waals surface area contributed by atoms with Crippen molar-refractivity contribution in [3.63, 3.8) is 0 Å². The van der Waals surface area contributed by atoms with Crippen LogP contribution < -0.4 is 14.4 Å². The number of fused-ring (bicyclic) bond motifs is 1. The Morgan fingerprint density at radius 2 is 1.76 bits per heavy atom. The molecule has 1 amide bonds. The third-order valence-electron chi connectivity index (χ3n) is 5.90. The van der Waals surface area contributed by atoms with Crippen LogP contribution in [0.3, 0.4) is 0 Å². The lowest BCUT2D eigenvalue weighted by Gasteiger charge is -2.36. The zero-order valence-electron chi connectivity index (χ0n) is 18.8. The lowest BCUT2D eigenvalue weighted by molar-refractivity contribution is 0.0746. The van der Waals surface area contributed by atoms with Gasteiger partial charge in [0.15, 0.2) is 0 Å². The predicted octanol–water partition coefficient (Wildman–Crippen LogP) is 4.72. The largest absolute Gasteiger partial charge is 0.494 e. The Hall–Kier alpha value is -3.78. The van der Waals surface area contributed by atoms with E-state index >= 15 is 0 Å². The summed E-state index contributed by atoms with van der Waals surface area (Å²) >= 11 is 1.52. The second-order valence-electron chi connectivity index (χ2n) is 7.94. The third-order valence-corrected chi connectivity index (χ3v) is 6.78. The van der Waals surface area contributed by atoms with Crippen LogP contribution in [-0.2, 0) is 0 Å². The van der Waals surface area contributed by atoms with Crippen LogP contribution in [0, 0.1) is 0 Å². The number of benzene rings is 2. The molecule has 0 spiro atoms. The SMILES string of the molecule is COc1ccncc1N1CCN(C(=O)c2ccc(NSc3cccc4cccnc34)cc2)CC1. The Morgan fingerprint density at radius 3 is 2.56 bits per heavy atom. The lowest BCUT2D eigenvalue weighted by Crippen LogP contribution is -2.48. The number of carbonyl (C=O) groups excluding carboxylic acids is 1. The first-order chi connectivity index (χ1) is 16.7. The first-order valence-corrected chi connectivity index (χ1v) is 11.9. The van der Waals surface area contributed by atoms with Gasteiger partial charge in [-0.25, -0.2) is 0 Å². The summed E-state index contributed by atoms with van der Waals surface area (Å²) in [5.74, 6) is 0.852. The number of ether oxygens (including phenoxy) is 1. The fourth-order valence-corrected chi connectivity index (χ4v) is 4.85. The van der Waals surface area contributed by atoms with Crippen molar-refractivity contribution in [3.8, 4) is 5.75 Å². The van der Waals surface area contributed by atoms with Crippen molar-refractivity contribution in [1.29, 1.82) is 0 Å². The number of anilines is 2. The number of piperazine rings is 1. The van der Waals surface area contributed by atoms with Crippen molar-refractivity contribution < 1.29 is 9.53 Å². The molecule has 5 rings (SSSR count). The molecular formula is C26H25N5O2S. The minimum atomic E-state index is 0.0512. The second-order valence-corrected chi connectivity index (χ2v) is 8.79. The van der Waals surface area contributed by atoms with E-state index in [2.05, 4.69) is 31.7 Å². The molecule has 0 saturated carbocycles. The van der Waals surface area contributed by atoms with E-state index in [0.29, 0.717) is 18.7 Å². The maximum Gasteiger partial charge on any atom is 0.253 e. The summed E-state index contributed by atoms with van der Waals surface area (Å²) in [4.78, 5) is 26.9. The Kier molecular flexibility index (Phi) is 6.49. The number of aromatic nitrogens is 2. The molecule has 1 aliphatic rings. The van der Waals surface area contributed by atoms with E-state index in [4.69, 9.17) is 4.74 Å². The van der Waals surface area contributed by atoms with Gasteiger partial charge >= 0.3 is 0 Å². The summed E-state index contributed by atoms with van der Waals surface area (Å²) in [5.41, 5.74) is 3.56. The molecule has 4 aromatic rings. The summed E-state index contributed by atoms with van der Waals surface area (Å²) in [6, 6.07) is 19.6. The fraction of sp³-hybridized carbons (Fsp3) is 0.192. The lowest BCUT2D eigenvalue weighted by atomic mass is 10.1. The molecule has 0 unspecified atom stereocenters. The van der Waals surface area contributed by atoms with Gasteiger partial charge in [-0.2, -0.15) is 0 Å². The number of pyridine rings is 2. The summed E-state index contributed by atoms with van der Waals surface area (Å²) in [6.45, 7) is 2.79. The van der Waals surface area contributed by atoms with Crippen LogP contribution in [0.25, 0.3) is 10.9 Å². The normalized spacial score (nSPS) is 13.7. The summed E-state index contributed by atoms with van der Waals surface area (Å²) < 4.78 is 8.81. The standard InChI is InChI=1S/C26H25N5O2S/c1-33-23-11-13-27-18-22(23)30-14-16-31(17-15-30)26(32)20-7-9-21(10-8-20)29-34-24-6-2-4-19-5-3-12-28-25(19)24/h2-13,18,29H,14-17H2,1H3. The Labute approximate surface area is 202 Å². The molecule has 1 N–H and O–H groups in total. The number of carbonyl (C=O) groups is 1. The number of methoxy groups -OCH3 is 1. The van der Waals surface area contributed by atoms with Gasteiger partial charge < -0.3 is 19.3 Å². The second kappa shape index (κ2) is 10.0. The van der Waals surface area contributed by atoms with E-state index in [1.807, 2.05) is 59.6 Å². The van der Waals surface area contributed by atoms with Crippen molar-refractivity contribution in [2.75, 3.05) is 42.9 Å². The maximum absolute atomic E-state index is 13.0. The van der Waals surface area contributed by atoms with E-state index in [1.165, 1.54) is 11.9 Å².